The summed E-state index contributed by atoms with van der Waals surface area (Å²) >= 11 is 0. The van der Waals surface area contributed by atoms with E-state index < -0.39 is 0 Å². The van der Waals surface area contributed by atoms with Crippen LogP contribution < -0.4 is 10.5 Å². The van der Waals surface area contributed by atoms with Gasteiger partial charge in [0.1, 0.15) is 17.9 Å². The van der Waals surface area contributed by atoms with Gasteiger partial charge in [0.25, 0.3) is 5.91 Å². The predicted octanol–water partition coefficient (Wildman–Crippen LogP) is 3.63. The number of carbonyl (C=O) groups excluding carboxylic acids is 1. The van der Waals surface area contributed by atoms with Gasteiger partial charge in [-0.05, 0) is 49.4 Å². The summed E-state index contributed by atoms with van der Waals surface area (Å²) in [4.78, 5) is 20.1. The summed E-state index contributed by atoms with van der Waals surface area (Å²) in [5.74, 6) is 2.46. The second kappa shape index (κ2) is 7.09. The number of benzene rings is 2. The predicted molar refractivity (Wildman–Crippen MR) is 127 cm³/mol. The number of ether oxygens (including phenoxy) is 1. The summed E-state index contributed by atoms with van der Waals surface area (Å²) in [5, 5.41) is 1.24. The van der Waals surface area contributed by atoms with Crippen LogP contribution in [0, 0.1) is 5.92 Å². The molecule has 0 spiro atoms. The molecule has 7 nitrogen and oxygen atoms in total. The summed E-state index contributed by atoms with van der Waals surface area (Å²) in [6.07, 6.45) is 3.44. The van der Waals surface area contributed by atoms with Crippen LogP contribution in [-0.2, 0) is 13.1 Å². The zero-order valence-electron chi connectivity index (χ0n) is 18.5. The molecule has 4 heterocycles. The zero-order valence-corrected chi connectivity index (χ0v) is 18.5. The largest absolute Gasteiger partial charge is 0.489 e. The molecule has 1 saturated heterocycles. The molecule has 1 atom stereocenters. The van der Waals surface area contributed by atoms with Gasteiger partial charge in [-0.3, -0.25) is 4.79 Å². The van der Waals surface area contributed by atoms with E-state index in [-0.39, 0.29) is 11.9 Å². The van der Waals surface area contributed by atoms with E-state index in [1.807, 2.05) is 17.0 Å². The monoisotopic (exact) mass is 441 g/mol. The number of nitrogens with zero attached hydrogens (tertiary/aromatic N) is 4. The molecule has 2 N–H and O–H groups in total. The van der Waals surface area contributed by atoms with E-state index in [0.29, 0.717) is 25.3 Å². The average molecular weight is 442 g/mol. The van der Waals surface area contributed by atoms with E-state index in [2.05, 4.69) is 39.5 Å². The van der Waals surface area contributed by atoms with Crippen LogP contribution in [0.2, 0.25) is 0 Å². The number of rotatable bonds is 4. The van der Waals surface area contributed by atoms with Crippen LogP contribution in [0.4, 0.5) is 0 Å². The first-order valence-corrected chi connectivity index (χ1v) is 12.0. The second-order valence-electron chi connectivity index (χ2n) is 9.72. The molecule has 0 unspecified atom stereocenters. The van der Waals surface area contributed by atoms with Crippen molar-refractivity contribution in [3.63, 3.8) is 0 Å². The van der Waals surface area contributed by atoms with Crippen LogP contribution in [-0.4, -0.2) is 50.7 Å². The number of para-hydroxylation sites is 1. The van der Waals surface area contributed by atoms with Gasteiger partial charge >= 0.3 is 0 Å². The van der Waals surface area contributed by atoms with Crippen LogP contribution in [0.1, 0.15) is 29.6 Å². The summed E-state index contributed by atoms with van der Waals surface area (Å²) in [7, 11) is 0. The number of carbonyl (C=O) groups is 1. The molecule has 168 valence electrons. The van der Waals surface area contributed by atoms with Crippen molar-refractivity contribution in [2.45, 2.75) is 38.4 Å². The third-order valence-corrected chi connectivity index (χ3v) is 7.32. The Morgan fingerprint density at radius 2 is 2.00 bits per heavy atom. The molecule has 1 saturated carbocycles. The average Bonchev–Trinajstić information content (AvgIpc) is 3.25. The van der Waals surface area contributed by atoms with Crippen LogP contribution in [0.15, 0.2) is 42.5 Å². The van der Waals surface area contributed by atoms with Gasteiger partial charge in [0, 0.05) is 42.1 Å². The number of fused-ring (bicyclic) bond motifs is 1. The Hall–Kier alpha value is -3.32. The third kappa shape index (κ3) is 3.06. The van der Waals surface area contributed by atoms with Crippen molar-refractivity contribution in [1.82, 2.24) is 19.0 Å². The molecule has 3 aliphatic rings. The van der Waals surface area contributed by atoms with Crippen molar-refractivity contribution in [3.8, 4) is 17.3 Å². The molecule has 2 aromatic carbocycles. The quantitative estimate of drug-likeness (QED) is 0.525. The highest BCUT2D eigenvalue weighted by Crippen LogP contribution is 2.39. The van der Waals surface area contributed by atoms with E-state index in [1.54, 1.807) is 0 Å². The number of amides is 1. The highest BCUT2D eigenvalue weighted by atomic mass is 16.5. The smallest absolute Gasteiger partial charge is 0.254 e. The fraction of sp³-hybridized carbons (Fsp3) is 0.385. The number of imidazole rings is 1. The first-order valence-electron chi connectivity index (χ1n) is 12.0. The summed E-state index contributed by atoms with van der Waals surface area (Å²) < 4.78 is 10.7. The van der Waals surface area contributed by atoms with Crippen LogP contribution >= 0.6 is 0 Å². The Morgan fingerprint density at radius 1 is 1.12 bits per heavy atom. The van der Waals surface area contributed by atoms with E-state index >= 15 is 0 Å². The van der Waals surface area contributed by atoms with Gasteiger partial charge in [-0.25, -0.2) is 4.98 Å². The summed E-state index contributed by atoms with van der Waals surface area (Å²) in [5.41, 5.74) is 10.9. The Bertz CT molecular complexity index is 1410. The summed E-state index contributed by atoms with van der Waals surface area (Å²) in [6.45, 7) is 3.65. The lowest BCUT2D eigenvalue weighted by Gasteiger charge is -2.20. The van der Waals surface area contributed by atoms with Gasteiger partial charge in [-0.15, -0.1) is 0 Å². The Labute approximate surface area is 191 Å². The fourth-order valence-electron chi connectivity index (χ4n) is 5.43. The molecule has 2 fully saturated rings. The molecular weight excluding hydrogens is 414 g/mol. The highest BCUT2D eigenvalue weighted by Gasteiger charge is 2.29. The molecule has 0 radical (unpaired) electrons. The van der Waals surface area contributed by atoms with E-state index in [0.717, 1.165) is 53.7 Å². The van der Waals surface area contributed by atoms with Gasteiger partial charge in [-0.1, -0.05) is 18.2 Å². The van der Waals surface area contributed by atoms with E-state index in [9.17, 15) is 4.79 Å². The lowest BCUT2D eigenvalue weighted by Crippen LogP contribution is -2.32. The lowest BCUT2D eigenvalue weighted by atomic mass is 10.1. The first-order chi connectivity index (χ1) is 16.2. The number of hydrogen-bond acceptors (Lipinski definition) is 4. The van der Waals surface area contributed by atoms with Gasteiger partial charge in [0.05, 0.1) is 17.8 Å². The summed E-state index contributed by atoms with van der Waals surface area (Å²) in [6, 6.07) is 14.7. The van der Waals surface area contributed by atoms with E-state index in [1.165, 1.54) is 23.7 Å². The minimum Gasteiger partial charge on any atom is -0.489 e. The molecule has 1 aliphatic carbocycles. The van der Waals surface area contributed by atoms with Crippen molar-refractivity contribution in [2.75, 3.05) is 19.7 Å². The maximum atomic E-state index is 13.2. The molecular formula is C26H27N5O2. The molecule has 2 aliphatic heterocycles. The van der Waals surface area contributed by atoms with Crippen LogP contribution in [0.5, 0.6) is 5.75 Å². The lowest BCUT2D eigenvalue weighted by molar-refractivity contribution is 0.0790. The third-order valence-electron chi connectivity index (χ3n) is 7.32. The second-order valence-corrected chi connectivity index (χ2v) is 9.72. The normalized spacial score (nSPS) is 20.0. The molecule has 1 amide bonds. The number of likely N-dealkylation sites (tertiary alicyclic amines) is 1. The Morgan fingerprint density at radius 3 is 2.82 bits per heavy atom. The van der Waals surface area contributed by atoms with Crippen molar-refractivity contribution >= 4 is 27.8 Å². The topological polar surface area (TPSA) is 78.3 Å². The Balaban J connectivity index is 1.38. The van der Waals surface area contributed by atoms with E-state index in [4.69, 9.17) is 15.5 Å². The molecule has 33 heavy (non-hydrogen) atoms. The fourth-order valence-corrected chi connectivity index (χ4v) is 5.43. The molecule has 7 rings (SSSR count). The van der Waals surface area contributed by atoms with Crippen LogP contribution in [0.25, 0.3) is 33.5 Å². The molecule has 7 heteroatoms. The molecule has 4 aromatic rings. The molecule has 2 aromatic heterocycles. The SMILES string of the molecule is N[C@@H]1CCN(C(=O)c2cc3c4c(c2)nc(-c2cc5ccccc5n2CC2CC2)n4CCO3)C1. The van der Waals surface area contributed by atoms with Crippen molar-refractivity contribution in [1.29, 1.82) is 0 Å². The van der Waals surface area contributed by atoms with Crippen molar-refractivity contribution < 1.29 is 9.53 Å². The number of nitrogens with two attached hydrogens (primary N) is 1. The minimum atomic E-state index is 0.00854. The van der Waals surface area contributed by atoms with Crippen molar-refractivity contribution in [3.05, 3.63) is 48.0 Å². The zero-order chi connectivity index (χ0) is 22.1. The number of hydrogen-bond donors (Lipinski definition) is 1. The first kappa shape index (κ1) is 19.2. The van der Waals surface area contributed by atoms with Crippen LogP contribution in [0.3, 0.4) is 0 Å². The van der Waals surface area contributed by atoms with Crippen molar-refractivity contribution in [2.24, 2.45) is 11.7 Å². The minimum absolute atomic E-state index is 0.00854. The molecule has 0 bridgehead atoms. The Kier molecular flexibility index (Phi) is 4.12. The highest BCUT2D eigenvalue weighted by molar-refractivity contribution is 6.00. The van der Waals surface area contributed by atoms with Gasteiger partial charge in [-0.2, -0.15) is 0 Å². The van der Waals surface area contributed by atoms with Gasteiger partial charge in [0.15, 0.2) is 5.82 Å². The number of aromatic nitrogens is 3. The maximum Gasteiger partial charge on any atom is 0.254 e. The maximum absolute atomic E-state index is 13.2. The van der Waals surface area contributed by atoms with Gasteiger partial charge in [0.2, 0.25) is 0 Å². The standard InChI is InChI=1S/C26H27N5O2/c27-19-7-8-29(15-19)26(32)18-11-20-24-23(13-18)33-10-9-30(24)25(28-20)22-12-17-3-1-2-4-21(17)31(22)14-16-5-6-16/h1-4,11-13,16,19H,5-10,14-15,27H2/t19-/m1/s1. The van der Waals surface area contributed by atoms with Gasteiger partial charge < -0.3 is 24.5 Å².